The van der Waals surface area contributed by atoms with Crippen molar-refractivity contribution in [2.24, 2.45) is 0 Å². The molecule has 17 heavy (non-hydrogen) atoms. The first-order chi connectivity index (χ1) is 8.29. The monoisotopic (exact) mass is 255 g/mol. The summed E-state index contributed by atoms with van der Waals surface area (Å²) >= 11 is 5.96. The van der Waals surface area contributed by atoms with Crippen LogP contribution in [0.5, 0.6) is 0 Å². The fourth-order valence-corrected chi connectivity index (χ4v) is 1.87. The number of hydrogen-bond acceptors (Lipinski definition) is 4. The maximum Gasteiger partial charge on any atom is 0.135 e. The average molecular weight is 256 g/mol. The van der Waals surface area contributed by atoms with Gasteiger partial charge in [-0.05, 0) is 32.1 Å². The van der Waals surface area contributed by atoms with Crippen molar-refractivity contribution >= 4 is 17.4 Å². The molecule has 94 valence electrons. The highest BCUT2D eigenvalue weighted by Crippen LogP contribution is 2.38. The average Bonchev–Trinajstić information content (AvgIpc) is 3.12. The molecule has 0 amide bonds. The second-order valence-corrected chi connectivity index (χ2v) is 4.81. The number of unbranched alkanes of at least 4 members (excludes halogenated alkanes) is 2. The fraction of sp³-hybridized carbons (Fsp3) is 0.667. The van der Waals surface area contributed by atoms with E-state index in [4.69, 9.17) is 16.7 Å². The number of aliphatic hydroxyl groups excluding tert-OH is 1. The molecule has 1 heterocycles. The Hall–Kier alpha value is -0.870. The topological polar surface area (TPSA) is 58.0 Å². The minimum Gasteiger partial charge on any atom is -0.396 e. The quantitative estimate of drug-likeness (QED) is 0.581. The van der Waals surface area contributed by atoms with Gasteiger partial charge in [-0.25, -0.2) is 9.97 Å². The molecule has 4 nitrogen and oxygen atoms in total. The van der Waals surface area contributed by atoms with Crippen molar-refractivity contribution in [3.8, 4) is 0 Å². The van der Waals surface area contributed by atoms with E-state index in [1.54, 1.807) is 6.07 Å². The molecule has 0 bridgehead atoms. The molecule has 0 radical (unpaired) electrons. The molecule has 2 rings (SSSR count). The number of halogens is 1. The van der Waals surface area contributed by atoms with Gasteiger partial charge >= 0.3 is 0 Å². The highest BCUT2D eigenvalue weighted by atomic mass is 35.5. The summed E-state index contributed by atoms with van der Waals surface area (Å²) in [6, 6.07) is 1.76. The second-order valence-electron chi connectivity index (χ2n) is 4.42. The van der Waals surface area contributed by atoms with E-state index < -0.39 is 0 Å². The summed E-state index contributed by atoms with van der Waals surface area (Å²) in [4.78, 5) is 8.69. The van der Waals surface area contributed by atoms with Gasteiger partial charge in [-0.15, -0.1) is 0 Å². The number of aromatic nitrogens is 2. The highest BCUT2D eigenvalue weighted by Gasteiger charge is 2.27. The lowest BCUT2D eigenvalue weighted by Gasteiger charge is -2.07. The second kappa shape index (κ2) is 6.17. The number of hydrogen-bond donors (Lipinski definition) is 2. The van der Waals surface area contributed by atoms with Crippen LogP contribution in [0.1, 0.15) is 43.8 Å². The van der Waals surface area contributed by atoms with Crippen molar-refractivity contribution < 1.29 is 5.11 Å². The van der Waals surface area contributed by atoms with Gasteiger partial charge in [0.05, 0.1) is 0 Å². The minimum absolute atomic E-state index is 0.269. The van der Waals surface area contributed by atoms with E-state index in [0.29, 0.717) is 11.1 Å². The lowest BCUT2D eigenvalue weighted by Crippen LogP contribution is -2.06. The van der Waals surface area contributed by atoms with Gasteiger partial charge in [-0.1, -0.05) is 11.6 Å². The van der Waals surface area contributed by atoms with Crippen molar-refractivity contribution in [3.63, 3.8) is 0 Å². The summed E-state index contributed by atoms with van der Waals surface area (Å²) < 4.78 is 0. The number of aliphatic hydroxyl groups is 1. The van der Waals surface area contributed by atoms with E-state index in [1.807, 2.05) is 0 Å². The summed E-state index contributed by atoms with van der Waals surface area (Å²) in [5.41, 5.74) is 0. The number of rotatable bonds is 7. The molecule has 1 saturated carbocycles. The number of nitrogens with zero attached hydrogens (tertiary/aromatic N) is 2. The normalized spacial score (nSPS) is 14.9. The maximum absolute atomic E-state index is 8.66. The zero-order valence-electron chi connectivity index (χ0n) is 9.82. The molecule has 0 aliphatic heterocycles. The first-order valence-corrected chi connectivity index (χ1v) is 6.56. The van der Waals surface area contributed by atoms with Gasteiger partial charge in [-0.3, -0.25) is 0 Å². The number of anilines is 1. The first-order valence-electron chi connectivity index (χ1n) is 6.19. The van der Waals surface area contributed by atoms with Crippen molar-refractivity contribution in [2.45, 2.75) is 38.0 Å². The molecule has 1 aliphatic rings. The summed E-state index contributed by atoms with van der Waals surface area (Å²) in [6.07, 6.45) is 5.27. The van der Waals surface area contributed by atoms with Crippen LogP contribution in [0.25, 0.3) is 0 Å². The zero-order chi connectivity index (χ0) is 12.1. The first kappa shape index (κ1) is 12.6. The van der Waals surface area contributed by atoms with Crippen LogP contribution in [-0.2, 0) is 0 Å². The maximum atomic E-state index is 8.66. The van der Waals surface area contributed by atoms with Crippen LogP contribution in [0.4, 0.5) is 5.82 Å². The summed E-state index contributed by atoms with van der Waals surface area (Å²) in [5, 5.41) is 12.4. The third-order valence-electron chi connectivity index (χ3n) is 2.80. The van der Waals surface area contributed by atoms with Crippen molar-refractivity contribution in [3.05, 3.63) is 17.0 Å². The van der Waals surface area contributed by atoms with E-state index in [0.717, 1.165) is 37.4 Å². The van der Waals surface area contributed by atoms with Gasteiger partial charge in [-0.2, -0.15) is 0 Å². The molecule has 1 aromatic heterocycles. The van der Waals surface area contributed by atoms with Gasteiger partial charge in [0.25, 0.3) is 0 Å². The Morgan fingerprint density at radius 3 is 2.82 bits per heavy atom. The lowest BCUT2D eigenvalue weighted by atomic mass is 10.2. The van der Waals surface area contributed by atoms with Crippen molar-refractivity contribution in [1.29, 1.82) is 0 Å². The molecule has 5 heteroatoms. The molecular weight excluding hydrogens is 238 g/mol. The summed E-state index contributed by atoms with van der Waals surface area (Å²) in [5.74, 6) is 2.20. The van der Waals surface area contributed by atoms with Crippen LogP contribution < -0.4 is 5.32 Å². The zero-order valence-corrected chi connectivity index (χ0v) is 10.6. The molecule has 1 aromatic rings. The molecule has 2 N–H and O–H groups in total. The molecular formula is C12H18ClN3O. The molecule has 1 aliphatic carbocycles. The molecule has 0 unspecified atom stereocenters. The smallest absolute Gasteiger partial charge is 0.135 e. The van der Waals surface area contributed by atoms with Crippen LogP contribution in [-0.4, -0.2) is 28.2 Å². The Labute approximate surface area is 106 Å². The summed E-state index contributed by atoms with van der Waals surface area (Å²) in [7, 11) is 0. The van der Waals surface area contributed by atoms with E-state index in [9.17, 15) is 0 Å². The van der Waals surface area contributed by atoms with Crippen LogP contribution in [0.3, 0.4) is 0 Å². The van der Waals surface area contributed by atoms with Crippen LogP contribution >= 0.6 is 11.6 Å². The highest BCUT2D eigenvalue weighted by molar-refractivity contribution is 6.29. The Kier molecular flexibility index (Phi) is 4.57. The molecule has 0 spiro atoms. The largest absolute Gasteiger partial charge is 0.396 e. The molecule has 0 saturated heterocycles. The third kappa shape index (κ3) is 4.13. The summed E-state index contributed by atoms with van der Waals surface area (Å²) in [6.45, 7) is 1.13. The number of nitrogens with one attached hydrogen (secondary N) is 1. The SMILES string of the molecule is OCCCCCNc1cc(Cl)nc(C2CC2)n1. The van der Waals surface area contributed by atoms with Crippen LogP contribution in [0.2, 0.25) is 5.15 Å². The standard InChI is InChI=1S/C12H18ClN3O/c13-10-8-11(14-6-2-1-3-7-17)16-12(15-10)9-4-5-9/h8-9,17H,1-7H2,(H,14,15,16). The van der Waals surface area contributed by atoms with Crippen molar-refractivity contribution in [1.82, 2.24) is 9.97 Å². The lowest BCUT2D eigenvalue weighted by molar-refractivity contribution is 0.283. The minimum atomic E-state index is 0.269. The Bertz CT molecular complexity index is 369. The van der Waals surface area contributed by atoms with Crippen molar-refractivity contribution in [2.75, 3.05) is 18.5 Å². The molecule has 0 aromatic carbocycles. The Morgan fingerprint density at radius 1 is 1.29 bits per heavy atom. The van der Waals surface area contributed by atoms with E-state index in [2.05, 4.69) is 15.3 Å². The predicted molar refractivity (Wildman–Crippen MR) is 68.4 cm³/mol. The van der Waals surface area contributed by atoms with Crippen LogP contribution in [0.15, 0.2) is 6.07 Å². The predicted octanol–water partition coefficient (Wildman–Crippen LogP) is 2.58. The Morgan fingerprint density at radius 2 is 2.12 bits per heavy atom. The van der Waals surface area contributed by atoms with Gasteiger partial charge in [0.15, 0.2) is 0 Å². The Balaban J connectivity index is 1.82. The third-order valence-corrected chi connectivity index (χ3v) is 2.99. The van der Waals surface area contributed by atoms with Gasteiger partial charge < -0.3 is 10.4 Å². The van der Waals surface area contributed by atoms with E-state index >= 15 is 0 Å². The van der Waals surface area contributed by atoms with Crippen LogP contribution in [0, 0.1) is 0 Å². The van der Waals surface area contributed by atoms with Gasteiger partial charge in [0.1, 0.15) is 16.8 Å². The van der Waals surface area contributed by atoms with E-state index in [-0.39, 0.29) is 6.61 Å². The fourth-order valence-electron chi connectivity index (χ4n) is 1.68. The van der Waals surface area contributed by atoms with Gasteiger partial charge in [0, 0.05) is 25.1 Å². The van der Waals surface area contributed by atoms with Gasteiger partial charge in [0.2, 0.25) is 0 Å². The molecule has 0 atom stereocenters. The molecule has 1 fully saturated rings. The van der Waals surface area contributed by atoms with E-state index in [1.165, 1.54) is 12.8 Å².